The van der Waals surface area contributed by atoms with Gasteiger partial charge in [0, 0.05) is 12.4 Å². The van der Waals surface area contributed by atoms with E-state index in [-0.39, 0.29) is 12.4 Å². The maximum Gasteiger partial charge on any atom is 0.328 e. The van der Waals surface area contributed by atoms with Crippen LogP contribution in [0.2, 0.25) is 0 Å². The van der Waals surface area contributed by atoms with Crippen LogP contribution in [0.3, 0.4) is 0 Å². The molecule has 1 aromatic heterocycles. The molecule has 0 radical (unpaired) electrons. The van der Waals surface area contributed by atoms with Crippen molar-refractivity contribution in [2.75, 3.05) is 7.11 Å². The molecule has 0 saturated heterocycles. The lowest BCUT2D eigenvalue weighted by Gasteiger charge is -2.05. The van der Waals surface area contributed by atoms with Crippen LogP contribution in [0.4, 0.5) is 0 Å². The third kappa shape index (κ3) is 3.20. The average Bonchev–Trinajstić information content (AvgIpc) is 2.17. The molecular formula is C8H9Cl2NO2. The van der Waals surface area contributed by atoms with Crippen LogP contribution in [0.25, 0.3) is 0 Å². The van der Waals surface area contributed by atoms with Gasteiger partial charge in [-0.25, -0.2) is 0 Å². The lowest BCUT2D eigenvalue weighted by Crippen LogP contribution is -2.08. The third-order valence-corrected chi connectivity index (χ3v) is 1.82. The Hall–Kier alpha value is -0.800. The highest BCUT2D eigenvalue weighted by Gasteiger charge is 2.17. The largest absolute Gasteiger partial charge is 0.468 e. The molecule has 13 heavy (non-hydrogen) atoms. The lowest BCUT2D eigenvalue weighted by atomic mass is 10.2. The van der Waals surface area contributed by atoms with Crippen LogP contribution in [0.5, 0.6) is 0 Å². The molecule has 1 unspecified atom stereocenters. The number of alkyl halides is 1. The zero-order valence-corrected chi connectivity index (χ0v) is 8.51. The second kappa shape index (κ2) is 5.78. The molecule has 0 spiro atoms. The molecule has 72 valence electrons. The minimum absolute atomic E-state index is 0. The number of carbonyl (C=O) groups is 1. The van der Waals surface area contributed by atoms with Crippen LogP contribution in [-0.2, 0) is 9.53 Å². The van der Waals surface area contributed by atoms with E-state index in [0.29, 0.717) is 5.56 Å². The van der Waals surface area contributed by atoms with Gasteiger partial charge < -0.3 is 4.74 Å². The zero-order valence-electron chi connectivity index (χ0n) is 6.94. The van der Waals surface area contributed by atoms with Crippen LogP contribution in [0.1, 0.15) is 10.9 Å². The fourth-order valence-electron chi connectivity index (χ4n) is 0.765. The predicted octanol–water partition coefficient (Wildman–Crippen LogP) is 1.96. The highest BCUT2D eigenvalue weighted by molar-refractivity contribution is 6.29. The van der Waals surface area contributed by atoms with E-state index in [1.165, 1.54) is 13.3 Å². The van der Waals surface area contributed by atoms with E-state index < -0.39 is 11.3 Å². The molecule has 5 heteroatoms. The summed E-state index contributed by atoms with van der Waals surface area (Å²) in [5, 5.41) is -0.760. The number of hydrogen-bond acceptors (Lipinski definition) is 3. The summed E-state index contributed by atoms with van der Waals surface area (Å²) < 4.78 is 4.47. The first-order chi connectivity index (χ1) is 5.75. The SMILES string of the molecule is COC(=O)C(Cl)c1cccnc1.Cl. The number of pyridine rings is 1. The van der Waals surface area contributed by atoms with Crippen molar-refractivity contribution >= 4 is 30.0 Å². The van der Waals surface area contributed by atoms with Crippen molar-refractivity contribution in [2.24, 2.45) is 0 Å². The maximum atomic E-state index is 10.9. The van der Waals surface area contributed by atoms with Gasteiger partial charge in [-0.2, -0.15) is 0 Å². The summed E-state index contributed by atoms with van der Waals surface area (Å²) in [4.78, 5) is 14.8. The fraction of sp³-hybridized carbons (Fsp3) is 0.250. The molecular weight excluding hydrogens is 213 g/mol. The first kappa shape index (κ1) is 12.2. The van der Waals surface area contributed by atoms with Gasteiger partial charge in [0.15, 0.2) is 5.38 Å². The normalized spacial score (nSPS) is 11.2. The molecule has 0 aliphatic carbocycles. The van der Waals surface area contributed by atoms with E-state index >= 15 is 0 Å². The number of carbonyl (C=O) groups excluding carboxylic acids is 1. The van der Waals surface area contributed by atoms with Crippen molar-refractivity contribution in [3.8, 4) is 0 Å². The smallest absolute Gasteiger partial charge is 0.328 e. The van der Waals surface area contributed by atoms with Crippen LogP contribution >= 0.6 is 24.0 Å². The minimum Gasteiger partial charge on any atom is -0.468 e. The van der Waals surface area contributed by atoms with Crippen LogP contribution < -0.4 is 0 Å². The van der Waals surface area contributed by atoms with Crippen molar-refractivity contribution in [1.29, 1.82) is 0 Å². The summed E-state index contributed by atoms with van der Waals surface area (Å²) >= 11 is 5.74. The van der Waals surface area contributed by atoms with Gasteiger partial charge in [0.2, 0.25) is 0 Å². The van der Waals surface area contributed by atoms with E-state index in [1.807, 2.05) is 0 Å². The average molecular weight is 222 g/mol. The summed E-state index contributed by atoms with van der Waals surface area (Å²) in [5.41, 5.74) is 0.644. The Kier molecular flexibility index (Phi) is 5.42. The van der Waals surface area contributed by atoms with Crippen molar-refractivity contribution in [1.82, 2.24) is 4.98 Å². The predicted molar refractivity (Wildman–Crippen MR) is 52.1 cm³/mol. The Bertz CT molecular complexity index is 266. The van der Waals surface area contributed by atoms with Crippen molar-refractivity contribution in [3.63, 3.8) is 0 Å². The molecule has 1 heterocycles. The van der Waals surface area contributed by atoms with E-state index in [1.54, 1.807) is 18.3 Å². The number of nitrogens with zero attached hydrogens (tertiary/aromatic N) is 1. The molecule has 1 atom stereocenters. The van der Waals surface area contributed by atoms with Gasteiger partial charge >= 0.3 is 5.97 Å². The summed E-state index contributed by atoms with van der Waals surface area (Å²) in [6.45, 7) is 0. The highest BCUT2D eigenvalue weighted by atomic mass is 35.5. The van der Waals surface area contributed by atoms with Gasteiger partial charge in [-0.3, -0.25) is 9.78 Å². The lowest BCUT2D eigenvalue weighted by molar-refractivity contribution is -0.140. The molecule has 0 aliphatic heterocycles. The molecule has 0 aromatic carbocycles. The van der Waals surface area contributed by atoms with Gasteiger partial charge in [-0.05, 0) is 11.6 Å². The monoisotopic (exact) mass is 221 g/mol. The van der Waals surface area contributed by atoms with E-state index in [9.17, 15) is 4.79 Å². The third-order valence-electron chi connectivity index (χ3n) is 1.39. The van der Waals surface area contributed by atoms with Gasteiger partial charge in [-0.15, -0.1) is 24.0 Å². The molecule has 0 bridgehead atoms. The summed E-state index contributed by atoms with van der Waals surface area (Å²) in [6, 6.07) is 3.44. The number of hydrogen-bond donors (Lipinski definition) is 0. The summed E-state index contributed by atoms with van der Waals surface area (Å²) in [6.07, 6.45) is 3.15. The molecule has 0 aliphatic rings. The second-order valence-corrected chi connectivity index (χ2v) is 2.61. The van der Waals surface area contributed by atoms with Crippen molar-refractivity contribution in [3.05, 3.63) is 30.1 Å². The highest BCUT2D eigenvalue weighted by Crippen LogP contribution is 2.19. The Balaban J connectivity index is 0.00000144. The molecule has 0 N–H and O–H groups in total. The Morgan fingerprint density at radius 1 is 1.69 bits per heavy atom. The van der Waals surface area contributed by atoms with Crippen LogP contribution in [0, 0.1) is 0 Å². The quantitative estimate of drug-likeness (QED) is 0.567. The Morgan fingerprint density at radius 2 is 2.38 bits per heavy atom. The molecule has 1 rings (SSSR count). The Morgan fingerprint density at radius 3 is 2.85 bits per heavy atom. The molecule has 1 aromatic rings. The number of ether oxygens (including phenoxy) is 1. The van der Waals surface area contributed by atoms with Crippen molar-refractivity contribution in [2.45, 2.75) is 5.38 Å². The zero-order chi connectivity index (χ0) is 8.97. The number of halogens is 2. The summed E-state index contributed by atoms with van der Waals surface area (Å²) in [5.74, 6) is -0.468. The first-order valence-corrected chi connectivity index (χ1v) is 3.81. The Labute approximate surface area is 87.5 Å². The molecule has 0 saturated carbocycles. The van der Waals surface area contributed by atoms with E-state index in [0.717, 1.165) is 0 Å². The standard InChI is InChI=1S/C8H8ClNO2.ClH/c1-12-8(11)7(9)6-3-2-4-10-5-6;/h2-5,7H,1H3;1H. The van der Waals surface area contributed by atoms with Gasteiger partial charge in [0.05, 0.1) is 7.11 Å². The van der Waals surface area contributed by atoms with E-state index in [2.05, 4.69) is 9.72 Å². The molecule has 0 fully saturated rings. The van der Waals surface area contributed by atoms with Crippen LogP contribution in [-0.4, -0.2) is 18.1 Å². The second-order valence-electron chi connectivity index (χ2n) is 2.17. The first-order valence-electron chi connectivity index (χ1n) is 3.37. The molecule has 0 amide bonds. The van der Waals surface area contributed by atoms with Gasteiger partial charge in [0.1, 0.15) is 0 Å². The van der Waals surface area contributed by atoms with Gasteiger partial charge in [0.25, 0.3) is 0 Å². The number of esters is 1. The molecule has 3 nitrogen and oxygen atoms in total. The topological polar surface area (TPSA) is 39.2 Å². The summed E-state index contributed by atoms with van der Waals surface area (Å²) in [7, 11) is 1.30. The van der Waals surface area contributed by atoms with Crippen LogP contribution in [0.15, 0.2) is 24.5 Å². The fourth-order valence-corrected chi connectivity index (χ4v) is 0.984. The van der Waals surface area contributed by atoms with Gasteiger partial charge in [-0.1, -0.05) is 6.07 Å². The van der Waals surface area contributed by atoms with Crippen molar-refractivity contribution < 1.29 is 9.53 Å². The number of aromatic nitrogens is 1. The number of rotatable bonds is 2. The number of methoxy groups -OCH3 is 1. The minimum atomic E-state index is -0.760. The maximum absolute atomic E-state index is 10.9. The van der Waals surface area contributed by atoms with E-state index in [4.69, 9.17) is 11.6 Å².